The van der Waals surface area contributed by atoms with E-state index in [1.165, 1.54) is 8.99 Å². The van der Waals surface area contributed by atoms with Gasteiger partial charge in [0.25, 0.3) is 15.9 Å². The molecule has 0 aliphatic carbocycles. The Kier molecular flexibility index (Phi) is 8.02. The van der Waals surface area contributed by atoms with Gasteiger partial charge in [-0.25, -0.2) is 8.42 Å². The third-order valence-corrected chi connectivity index (χ3v) is 8.53. The minimum atomic E-state index is -3.98. The Bertz CT molecular complexity index is 1300. The Labute approximate surface area is 218 Å². The third kappa shape index (κ3) is 5.43. The molecule has 192 valence electrons. The largest absolute Gasteiger partial charge is 0.368 e. The lowest BCUT2D eigenvalue weighted by atomic mass is 10.1. The molecule has 4 rings (SSSR count). The van der Waals surface area contributed by atoms with Crippen molar-refractivity contribution >= 4 is 33.2 Å². The van der Waals surface area contributed by atoms with Crippen molar-refractivity contribution in [3.63, 3.8) is 0 Å². The first-order chi connectivity index (χ1) is 17.2. The molecule has 0 atom stereocenters. The highest BCUT2D eigenvalue weighted by atomic mass is 35.5. The third-order valence-electron chi connectivity index (χ3n) is 6.38. The second-order valence-corrected chi connectivity index (χ2v) is 11.3. The maximum absolute atomic E-state index is 13.7. The van der Waals surface area contributed by atoms with Gasteiger partial charge in [0.15, 0.2) is 0 Å². The topological polar surface area (TPSA) is 78.8 Å². The normalized spacial score (nSPS) is 14.9. The van der Waals surface area contributed by atoms with Gasteiger partial charge in [-0.1, -0.05) is 54.1 Å². The Balaban J connectivity index is 1.59. The summed E-state index contributed by atoms with van der Waals surface area (Å²) in [6.45, 7) is 8.08. The highest BCUT2D eigenvalue weighted by Crippen LogP contribution is 2.28. The summed E-state index contributed by atoms with van der Waals surface area (Å²) in [5, 5.41) is 4.80. The molecule has 0 unspecified atom stereocenters. The smallest absolute Gasteiger partial charge is 0.263 e. The average molecular weight is 530 g/mol. The van der Waals surface area contributed by atoms with Crippen LogP contribution in [0.5, 0.6) is 0 Å². The fourth-order valence-electron chi connectivity index (χ4n) is 4.33. The summed E-state index contributed by atoms with van der Waals surface area (Å²) in [7, 11) is -3.98. The highest BCUT2D eigenvalue weighted by Gasteiger charge is 2.36. The van der Waals surface area contributed by atoms with Crippen LogP contribution in [0, 0.1) is 0 Å². The van der Waals surface area contributed by atoms with Crippen LogP contribution in [0.2, 0.25) is 5.02 Å². The number of nitrogens with zero attached hydrogens (tertiary/aromatic N) is 5. The fourth-order valence-corrected chi connectivity index (χ4v) is 6.10. The van der Waals surface area contributed by atoms with Crippen LogP contribution in [0.3, 0.4) is 0 Å². The maximum Gasteiger partial charge on any atom is 0.263 e. The van der Waals surface area contributed by atoms with Gasteiger partial charge in [-0.2, -0.15) is 9.40 Å². The maximum atomic E-state index is 13.7. The lowest BCUT2D eigenvalue weighted by Gasteiger charge is -2.35. The van der Waals surface area contributed by atoms with E-state index in [-0.39, 0.29) is 35.6 Å². The number of amides is 1. The number of carbonyl (C=O) groups is 1. The minimum Gasteiger partial charge on any atom is -0.368 e. The van der Waals surface area contributed by atoms with E-state index >= 15 is 0 Å². The van der Waals surface area contributed by atoms with Crippen LogP contribution in [-0.4, -0.2) is 65.5 Å². The van der Waals surface area contributed by atoms with Crippen LogP contribution >= 0.6 is 11.6 Å². The zero-order chi connectivity index (χ0) is 25.9. The Hall–Kier alpha value is -2.88. The highest BCUT2D eigenvalue weighted by molar-refractivity contribution is 7.89. The lowest BCUT2D eigenvalue weighted by molar-refractivity contribution is 0.0686. The van der Waals surface area contributed by atoms with E-state index in [0.717, 1.165) is 11.3 Å². The SMILES string of the molecule is CCn1cc(C(=O)N(Cc2ccccc2)C(C)C)c(S(=O)(=O)N2CCN(c3ccccc3Cl)CC2)n1. The summed E-state index contributed by atoms with van der Waals surface area (Å²) in [5.41, 5.74) is 1.97. The molecule has 3 aromatic rings. The first-order valence-corrected chi connectivity index (χ1v) is 14.0. The number of para-hydroxylation sites is 1. The number of aryl methyl sites for hydroxylation is 1. The summed E-state index contributed by atoms with van der Waals surface area (Å²) in [5.74, 6) is -0.346. The standard InChI is InChI=1S/C26H32ClN5O3S/c1-4-30-19-22(26(33)32(20(2)3)18-21-10-6-5-7-11-21)25(28-30)36(34,35)31-16-14-29(15-17-31)24-13-9-8-12-23(24)27/h5-13,19-20H,4,14-18H2,1-3H3. The van der Waals surface area contributed by atoms with Crippen LogP contribution in [-0.2, 0) is 23.1 Å². The molecule has 0 N–H and O–H groups in total. The molecular weight excluding hydrogens is 498 g/mol. The quantitative estimate of drug-likeness (QED) is 0.438. The first-order valence-electron chi connectivity index (χ1n) is 12.1. The van der Waals surface area contributed by atoms with Crippen molar-refractivity contribution in [1.82, 2.24) is 19.0 Å². The number of aromatic nitrogens is 2. The number of anilines is 1. The molecule has 0 bridgehead atoms. The van der Waals surface area contributed by atoms with Gasteiger partial charge >= 0.3 is 0 Å². The number of hydrogen-bond donors (Lipinski definition) is 0. The number of rotatable bonds is 8. The van der Waals surface area contributed by atoms with Gasteiger partial charge in [-0.3, -0.25) is 9.48 Å². The molecule has 1 aliphatic rings. The Morgan fingerprint density at radius 1 is 1.03 bits per heavy atom. The van der Waals surface area contributed by atoms with Crippen LogP contribution in [0.15, 0.2) is 65.8 Å². The van der Waals surface area contributed by atoms with Crippen LogP contribution in [0.25, 0.3) is 0 Å². The van der Waals surface area contributed by atoms with Gasteiger partial charge in [0.05, 0.1) is 16.3 Å². The molecule has 1 amide bonds. The van der Waals surface area contributed by atoms with Crippen molar-refractivity contribution in [1.29, 1.82) is 0 Å². The summed E-state index contributed by atoms with van der Waals surface area (Å²) < 4.78 is 30.4. The van der Waals surface area contributed by atoms with Crippen LogP contribution in [0.4, 0.5) is 5.69 Å². The van der Waals surface area contributed by atoms with E-state index in [0.29, 0.717) is 31.2 Å². The van der Waals surface area contributed by atoms with Crippen LogP contribution < -0.4 is 4.90 Å². The predicted octanol–water partition coefficient (Wildman–Crippen LogP) is 4.12. The summed E-state index contributed by atoms with van der Waals surface area (Å²) in [4.78, 5) is 17.5. The summed E-state index contributed by atoms with van der Waals surface area (Å²) in [6, 6.07) is 17.1. The Morgan fingerprint density at radius 3 is 2.28 bits per heavy atom. The van der Waals surface area contributed by atoms with Gasteiger partial charge in [0, 0.05) is 51.5 Å². The number of benzene rings is 2. The van der Waals surface area contributed by atoms with Crippen molar-refractivity contribution in [2.24, 2.45) is 0 Å². The van der Waals surface area contributed by atoms with Crippen LogP contribution in [0.1, 0.15) is 36.7 Å². The molecule has 0 radical (unpaired) electrons. The lowest BCUT2D eigenvalue weighted by Crippen LogP contribution is -2.49. The van der Waals surface area contributed by atoms with E-state index in [4.69, 9.17) is 11.6 Å². The fraction of sp³-hybridized carbons (Fsp3) is 0.385. The molecule has 1 aliphatic heterocycles. The minimum absolute atomic E-state index is 0.106. The van der Waals surface area contributed by atoms with Gasteiger partial charge in [-0.05, 0) is 38.5 Å². The summed E-state index contributed by atoms with van der Waals surface area (Å²) in [6.07, 6.45) is 1.55. The van der Waals surface area contributed by atoms with E-state index in [1.807, 2.05) is 75.4 Å². The number of sulfonamides is 1. The predicted molar refractivity (Wildman–Crippen MR) is 142 cm³/mol. The van der Waals surface area contributed by atoms with Crippen molar-refractivity contribution < 1.29 is 13.2 Å². The molecule has 2 heterocycles. The molecule has 0 saturated carbocycles. The van der Waals surface area contributed by atoms with Gasteiger partial charge in [0.1, 0.15) is 0 Å². The van der Waals surface area contributed by atoms with E-state index in [2.05, 4.69) is 10.00 Å². The van der Waals surface area contributed by atoms with E-state index < -0.39 is 10.0 Å². The zero-order valence-electron chi connectivity index (χ0n) is 20.8. The second kappa shape index (κ2) is 11.0. The van der Waals surface area contributed by atoms with E-state index in [9.17, 15) is 13.2 Å². The average Bonchev–Trinajstić information content (AvgIpc) is 3.33. The molecule has 0 spiro atoms. The monoisotopic (exact) mass is 529 g/mol. The number of halogens is 1. The molecule has 36 heavy (non-hydrogen) atoms. The molecule has 8 nitrogen and oxygen atoms in total. The van der Waals surface area contributed by atoms with Crippen molar-refractivity contribution in [2.75, 3.05) is 31.1 Å². The van der Waals surface area contributed by atoms with Crippen molar-refractivity contribution in [2.45, 2.75) is 44.9 Å². The van der Waals surface area contributed by atoms with Gasteiger partial charge in [-0.15, -0.1) is 0 Å². The van der Waals surface area contributed by atoms with Crippen molar-refractivity contribution in [3.8, 4) is 0 Å². The van der Waals surface area contributed by atoms with Gasteiger partial charge < -0.3 is 9.80 Å². The number of carbonyl (C=O) groups excluding carboxylic acids is 1. The first kappa shape index (κ1) is 26.2. The second-order valence-electron chi connectivity index (χ2n) is 9.06. The molecule has 1 fully saturated rings. The van der Waals surface area contributed by atoms with E-state index in [1.54, 1.807) is 11.1 Å². The summed E-state index contributed by atoms with van der Waals surface area (Å²) >= 11 is 6.34. The molecule has 10 heteroatoms. The molecular formula is C26H32ClN5O3S. The molecule has 1 saturated heterocycles. The number of piperazine rings is 1. The van der Waals surface area contributed by atoms with Crippen molar-refractivity contribution in [3.05, 3.63) is 76.9 Å². The molecule has 1 aromatic heterocycles. The number of hydrogen-bond acceptors (Lipinski definition) is 5. The van der Waals surface area contributed by atoms with Gasteiger partial charge in [0.2, 0.25) is 5.03 Å². The molecule has 2 aromatic carbocycles. The Morgan fingerprint density at radius 2 is 1.67 bits per heavy atom. The zero-order valence-corrected chi connectivity index (χ0v) is 22.4.